The summed E-state index contributed by atoms with van der Waals surface area (Å²) in [5.74, 6) is 7.04. The van der Waals surface area contributed by atoms with E-state index < -0.39 is 5.91 Å². The van der Waals surface area contributed by atoms with E-state index in [4.69, 9.17) is 19.7 Å². The van der Waals surface area contributed by atoms with Crippen LogP contribution in [-0.2, 0) is 16.0 Å². The van der Waals surface area contributed by atoms with E-state index >= 15 is 0 Å². The summed E-state index contributed by atoms with van der Waals surface area (Å²) < 4.78 is 19.4. The Morgan fingerprint density at radius 3 is 2.70 bits per heavy atom. The monoisotopic (exact) mass is 497 g/mol. The minimum Gasteiger partial charge on any atom is -0.364 e. The van der Waals surface area contributed by atoms with Gasteiger partial charge in [0.2, 0.25) is 0 Å². The maximum atomic E-state index is 11.1. The minimum atomic E-state index is -0.565. The molecular formula is C28H27N5O4. The van der Waals surface area contributed by atoms with Crippen molar-refractivity contribution in [2.24, 2.45) is 5.73 Å². The van der Waals surface area contributed by atoms with Crippen LogP contribution in [0.25, 0.3) is 11.3 Å². The number of benzene rings is 1. The molecule has 2 N–H and O–H groups in total. The van der Waals surface area contributed by atoms with Crippen molar-refractivity contribution in [3.8, 4) is 23.2 Å². The molecule has 5 rings (SSSR count). The SMILES string of the molecule is C[C@H](OC1CCCCO1)c1nccn1Cc1cc(-c2ccc(C#Cc3ccc(C(N)=O)nc3)cc2)on1. The van der Waals surface area contributed by atoms with Crippen LogP contribution in [0.15, 0.2) is 65.6 Å². The number of carbonyl (C=O) groups excluding carboxylic acids is 1. The first-order valence-electron chi connectivity index (χ1n) is 12.2. The van der Waals surface area contributed by atoms with Crippen molar-refractivity contribution in [2.75, 3.05) is 6.61 Å². The number of imidazole rings is 1. The molecule has 1 saturated heterocycles. The summed E-state index contributed by atoms with van der Waals surface area (Å²) in [6.45, 7) is 3.25. The van der Waals surface area contributed by atoms with Gasteiger partial charge < -0.3 is 24.3 Å². The molecule has 1 aromatic carbocycles. The number of rotatable bonds is 7. The molecule has 0 spiro atoms. The quantitative estimate of drug-likeness (QED) is 0.382. The second-order valence-corrected chi connectivity index (χ2v) is 8.79. The minimum absolute atomic E-state index is 0.181. The molecule has 188 valence electrons. The summed E-state index contributed by atoms with van der Waals surface area (Å²) in [5, 5.41) is 4.24. The van der Waals surface area contributed by atoms with Crippen LogP contribution in [0.2, 0.25) is 0 Å². The average molecular weight is 498 g/mol. The highest BCUT2D eigenvalue weighted by Crippen LogP contribution is 2.25. The van der Waals surface area contributed by atoms with E-state index in [2.05, 4.69) is 27.0 Å². The van der Waals surface area contributed by atoms with Crippen molar-refractivity contribution in [1.29, 1.82) is 0 Å². The molecule has 37 heavy (non-hydrogen) atoms. The molecule has 9 nitrogen and oxygen atoms in total. The zero-order chi connectivity index (χ0) is 25.6. The Hall–Kier alpha value is -4.26. The summed E-state index contributed by atoms with van der Waals surface area (Å²) in [5.41, 5.74) is 8.63. The van der Waals surface area contributed by atoms with Crippen molar-refractivity contribution in [1.82, 2.24) is 19.7 Å². The van der Waals surface area contributed by atoms with Crippen LogP contribution in [0.5, 0.6) is 0 Å². The first kappa shape index (κ1) is 24.4. The highest BCUT2D eigenvalue weighted by Gasteiger charge is 2.21. The highest BCUT2D eigenvalue weighted by molar-refractivity contribution is 5.90. The molecule has 0 bridgehead atoms. The van der Waals surface area contributed by atoms with E-state index in [0.29, 0.717) is 17.9 Å². The number of carbonyl (C=O) groups is 1. The van der Waals surface area contributed by atoms with Crippen molar-refractivity contribution in [3.05, 3.63) is 89.4 Å². The molecular weight excluding hydrogens is 470 g/mol. The van der Waals surface area contributed by atoms with Gasteiger partial charge in [-0.25, -0.2) is 9.97 Å². The second-order valence-electron chi connectivity index (χ2n) is 8.79. The predicted octanol–water partition coefficient (Wildman–Crippen LogP) is 4.08. The molecule has 1 unspecified atom stereocenters. The maximum Gasteiger partial charge on any atom is 0.267 e. The van der Waals surface area contributed by atoms with Gasteiger partial charge in [0.05, 0.1) is 6.54 Å². The number of ether oxygens (including phenoxy) is 2. The molecule has 2 atom stereocenters. The van der Waals surface area contributed by atoms with Crippen LogP contribution in [-0.4, -0.2) is 38.5 Å². The lowest BCUT2D eigenvalue weighted by molar-refractivity contribution is -0.188. The van der Waals surface area contributed by atoms with Gasteiger partial charge in [0.15, 0.2) is 12.1 Å². The van der Waals surface area contributed by atoms with Crippen molar-refractivity contribution >= 4 is 5.91 Å². The number of amides is 1. The largest absolute Gasteiger partial charge is 0.364 e. The summed E-state index contributed by atoms with van der Waals surface area (Å²) in [7, 11) is 0. The third kappa shape index (κ3) is 6.12. The van der Waals surface area contributed by atoms with Crippen molar-refractivity contribution < 1.29 is 18.8 Å². The maximum absolute atomic E-state index is 11.1. The van der Waals surface area contributed by atoms with Crippen LogP contribution >= 0.6 is 0 Å². The van der Waals surface area contributed by atoms with Gasteiger partial charge in [-0.05, 0) is 62.6 Å². The molecule has 1 fully saturated rings. The van der Waals surface area contributed by atoms with E-state index in [-0.39, 0.29) is 18.1 Å². The molecule has 1 amide bonds. The molecule has 4 heterocycles. The van der Waals surface area contributed by atoms with Crippen LogP contribution in [0, 0.1) is 11.8 Å². The molecule has 0 saturated carbocycles. The molecule has 1 aliphatic rings. The first-order chi connectivity index (χ1) is 18.0. The van der Waals surface area contributed by atoms with Crippen molar-refractivity contribution in [3.63, 3.8) is 0 Å². The Kier molecular flexibility index (Phi) is 7.40. The Morgan fingerprint density at radius 1 is 1.16 bits per heavy atom. The zero-order valence-corrected chi connectivity index (χ0v) is 20.5. The second kappa shape index (κ2) is 11.2. The lowest BCUT2D eigenvalue weighted by atomic mass is 10.1. The van der Waals surface area contributed by atoms with Gasteiger partial charge in [-0.15, -0.1) is 0 Å². The molecule has 4 aromatic rings. The fourth-order valence-electron chi connectivity index (χ4n) is 4.09. The number of primary amides is 1. The van der Waals surface area contributed by atoms with E-state index in [1.807, 2.05) is 48.0 Å². The molecule has 3 aromatic heterocycles. The fourth-order valence-corrected chi connectivity index (χ4v) is 4.09. The number of nitrogens with zero attached hydrogens (tertiary/aromatic N) is 4. The van der Waals surface area contributed by atoms with Crippen LogP contribution in [0.1, 0.15) is 65.4 Å². The van der Waals surface area contributed by atoms with E-state index in [9.17, 15) is 4.79 Å². The Labute approximate surface area is 214 Å². The van der Waals surface area contributed by atoms with Crippen LogP contribution in [0.3, 0.4) is 0 Å². The lowest BCUT2D eigenvalue weighted by Crippen LogP contribution is -2.24. The molecule has 0 radical (unpaired) electrons. The van der Waals surface area contributed by atoms with Gasteiger partial charge in [-0.3, -0.25) is 4.79 Å². The van der Waals surface area contributed by atoms with Gasteiger partial charge in [-0.2, -0.15) is 0 Å². The van der Waals surface area contributed by atoms with Gasteiger partial charge in [0.1, 0.15) is 23.3 Å². The van der Waals surface area contributed by atoms with Gasteiger partial charge in [0, 0.05) is 48.0 Å². The third-order valence-electron chi connectivity index (χ3n) is 6.03. The van der Waals surface area contributed by atoms with Crippen molar-refractivity contribution in [2.45, 2.75) is 45.1 Å². The molecule has 0 aliphatic carbocycles. The number of hydrogen-bond donors (Lipinski definition) is 1. The number of pyridine rings is 1. The van der Waals surface area contributed by atoms with E-state index in [0.717, 1.165) is 48.5 Å². The van der Waals surface area contributed by atoms with Gasteiger partial charge in [-0.1, -0.05) is 17.0 Å². The molecule has 9 heteroatoms. The van der Waals surface area contributed by atoms with Crippen LogP contribution in [0.4, 0.5) is 0 Å². The standard InChI is InChI=1S/C28H27N5O4/c1-19(36-26-4-2-3-15-35-26)28-30-13-14-33(28)18-23-16-25(37-32-23)22-10-7-20(8-11-22)5-6-21-9-12-24(27(29)34)31-17-21/h7-14,16-17,19,26H,2-4,15,18H2,1H3,(H2,29,34)/t19-,26?/m0/s1. The lowest BCUT2D eigenvalue weighted by Gasteiger charge is -2.26. The first-order valence-corrected chi connectivity index (χ1v) is 12.2. The fraction of sp³-hybridized carbons (Fsp3) is 0.286. The summed E-state index contributed by atoms with van der Waals surface area (Å²) in [6, 6.07) is 12.9. The Balaban J connectivity index is 1.22. The van der Waals surface area contributed by atoms with Gasteiger partial charge in [0.25, 0.3) is 5.91 Å². The average Bonchev–Trinajstić information content (AvgIpc) is 3.59. The van der Waals surface area contributed by atoms with E-state index in [1.165, 1.54) is 6.20 Å². The number of hydrogen-bond acceptors (Lipinski definition) is 7. The third-order valence-corrected chi connectivity index (χ3v) is 6.03. The number of nitrogens with two attached hydrogens (primary N) is 1. The Morgan fingerprint density at radius 2 is 1.97 bits per heavy atom. The molecule has 1 aliphatic heterocycles. The normalized spacial score (nSPS) is 16.1. The Bertz CT molecular complexity index is 1410. The summed E-state index contributed by atoms with van der Waals surface area (Å²) in [6.07, 6.45) is 7.93. The predicted molar refractivity (Wildman–Crippen MR) is 135 cm³/mol. The highest BCUT2D eigenvalue weighted by atomic mass is 16.7. The topological polar surface area (TPSA) is 118 Å². The van der Waals surface area contributed by atoms with E-state index in [1.54, 1.807) is 18.3 Å². The summed E-state index contributed by atoms with van der Waals surface area (Å²) in [4.78, 5) is 19.6. The summed E-state index contributed by atoms with van der Waals surface area (Å²) >= 11 is 0. The van der Waals surface area contributed by atoms with Gasteiger partial charge >= 0.3 is 0 Å². The van der Waals surface area contributed by atoms with Crippen LogP contribution < -0.4 is 5.73 Å². The number of aromatic nitrogens is 4. The smallest absolute Gasteiger partial charge is 0.267 e. The zero-order valence-electron chi connectivity index (χ0n) is 20.5.